The van der Waals surface area contributed by atoms with Gasteiger partial charge in [0.05, 0.1) is 0 Å². The molecule has 0 fully saturated rings. The molecule has 0 aliphatic carbocycles. The Balaban J connectivity index is 2.02. The van der Waals surface area contributed by atoms with Crippen molar-refractivity contribution in [2.75, 3.05) is 11.9 Å². The van der Waals surface area contributed by atoms with E-state index in [0.29, 0.717) is 0 Å². The minimum absolute atomic E-state index is 0.00142. The highest BCUT2D eigenvalue weighted by molar-refractivity contribution is 5.92. The fraction of sp³-hybridized carbons (Fsp3) is 0.316. The predicted molar refractivity (Wildman–Crippen MR) is 90.4 cm³/mol. The first-order valence-corrected chi connectivity index (χ1v) is 7.46. The summed E-state index contributed by atoms with van der Waals surface area (Å²) in [7, 11) is 0. The van der Waals surface area contributed by atoms with Crippen LogP contribution >= 0.6 is 0 Å². The van der Waals surface area contributed by atoms with Crippen molar-refractivity contribution in [1.82, 2.24) is 0 Å². The monoisotopic (exact) mass is 297 g/mol. The maximum absolute atomic E-state index is 12.1. The fourth-order valence-electron chi connectivity index (χ4n) is 2.25. The van der Waals surface area contributed by atoms with E-state index >= 15 is 0 Å². The second-order valence-corrected chi connectivity index (χ2v) is 6.40. The first-order valence-electron chi connectivity index (χ1n) is 7.46. The molecule has 1 N–H and O–H groups in total. The average molecular weight is 297 g/mol. The largest absolute Gasteiger partial charge is 0.483 e. The van der Waals surface area contributed by atoms with Gasteiger partial charge in [-0.25, -0.2) is 0 Å². The van der Waals surface area contributed by atoms with E-state index in [2.05, 4.69) is 26.1 Å². The van der Waals surface area contributed by atoms with E-state index in [9.17, 15) is 4.79 Å². The van der Waals surface area contributed by atoms with Gasteiger partial charge in [0.1, 0.15) is 5.75 Å². The summed E-state index contributed by atoms with van der Waals surface area (Å²) in [5, 5.41) is 2.87. The molecule has 2 aromatic rings. The number of aryl methyl sites for hydroxylation is 1. The zero-order valence-electron chi connectivity index (χ0n) is 13.6. The predicted octanol–water partition coefficient (Wildman–Crippen LogP) is 4.31. The van der Waals surface area contributed by atoms with E-state index in [0.717, 1.165) is 22.6 Å². The Kier molecular flexibility index (Phi) is 4.86. The van der Waals surface area contributed by atoms with Gasteiger partial charge in [0.25, 0.3) is 5.91 Å². The Hall–Kier alpha value is -2.29. The highest BCUT2D eigenvalue weighted by atomic mass is 16.5. The molecular formula is C19H23NO2. The van der Waals surface area contributed by atoms with Crippen molar-refractivity contribution in [3.63, 3.8) is 0 Å². The topological polar surface area (TPSA) is 38.3 Å². The van der Waals surface area contributed by atoms with Crippen LogP contribution in [0.15, 0.2) is 48.5 Å². The number of hydrogen-bond donors (Lipinski definition) is 1. The molecule has 0 saturated carbocycles. The van der Waals surface area contributed by atoms with Crippen LogP contribution in [0.25, 0.3) is 0 Å². The molecule has 2 rings (SSSR count). The van der Waals surface area contributed by atoms with E-state index in [4.69, 9.17) is 4.74 Å². The van der Waals surface area contributed by atoms with Crippen molar-refractivity contribution in [3.8, 4) is 5.75 Å². The number of para-hydroxylation sites is 2. The number of hydrogen-bond acceptors (Lipinski definition) is 2. The molecule has 1 amide bonds. The highest BCUT2D eigenvalue weighted by Gasteiger charge is 2.18. The Bertz CT molecular complexity index is 656. The Morgan fingerprint density at radius 1 is 1.05 bits per heavy atom. The van der Waals surface area contributed by atoms with Gasteiger partial charge in [0, 0.05) is 5.69 Å². The molecule has 0 aliphatic rings. The van der Waals surface area contributed by atoms with Crippen LogP contribution in [0.3, 0.4) is 0 Å². The Labute approximate surface area is 132 Å². The molecule has 3 heteroatoms. The molecule has 0 radical (unpaired) electrons. The summed E-state index contributed by atoms with van der Waals surface area (Å²) < 4.78 is 5.73. The number of anilines is 1. The molecule has 0 unspecified atom stereocenters. The lowest BCUT2D eigenvalue weighted by Gasteiger charge is -2.22. The van der Waals surface area contributed by atoms with Crippen molar-refractivity contribution in [2.24, 2.45) is 0 Å². The van der Waals surface area contributed by atoms with E-state index < -0.39 is 0 Å². The van der Waals surface area contributed by atoms with Gasteiger partial charge in [-0.2, -0.15) is 0 Å². The third-order valence-corrected chi connectivity index (χ3v) is 3.47. The van der Waals surface area contributed by atoms with Crippen molar-refractivity contribution >= 4 is 11.6 Å². The zero-order valence-corrected chi connectivity index (χ0v) is 13.6. The molecule has 22 heavy (non-hydrogen) atoms. The smallest absolute Gasteiger partial charge is 0.262 e. The van der Waals surface area contributed by atoms with Crippen LogP contribution in [0.5, 0.6) is 5.75 Å². The van der Waals surface area contributed by atoms with Crippen molar-refractivity contribution < 1.29 is 9.53 Å². The van der Waals surface area contributed by atoms with E-state index in [-0.39, 0.29) is 17.9 Å². The molecule has 2 aromatic carbocycles. The third-order valence-electron chi connectivity index (χ3n) is 3.47. The number of rotatable bonds is 4. The standard InChI is InChI=1S/C19H23NO2/c1-14-9-5-7-11-16(14)20-18(21)13-22-17-12-8-6-10-15(17)19(2,3)4/h5-12H,13H2,1-4H3,(H,20,21). The van der Waals surface area contributed by atoms with E-state index in [1.807, 2.05) is 55.5 Å². The lowest BCUT2D eigenvalue weighted by atomic mass is 9.86. The minimum Gasteiger partial charge on any atom is -0.483 e. The van der Waals surface area contributed by atoms with Gasteiger partial charge in [0.2, 0.25) is 0 Å². The summed E-state index contributed by atoms with van der Waals surface area (Å²) in [4.78, 5) is 12.1. The molecule has 0 atom stereocenters. The van der Waals surface area contributed by atoms with Crippen LogP contribution < -0.4 is 10.1 Å². The number of carbonyl (C=O) groups excluding carboxylic acids is 1. The van der Waals surface area contributed by atoms with Crippen LogP contribution in [-0.4, -0.2) is 12.5 Å². The number of ether oxygens (including phenoxy) is 1. The molecule has 116 valence electrons. The quantitative estimate of drug-likeness (QED) is 0.913. The molecule has 3 nitrogen and oxygen atoms in total. The van der Waals surface area contributed by atoms with Crippen molar-refractivity contribution in [1.29, 1.82) is 0 Å². The third kappa shape index (κ3) is 4.10. The van der Waals surface area contributed by atoms with Gasteiger partial charge >= 0.3 is 0 Å². The van der Waals surface area contributed by atoms with Gasteiger partial charge in [-0.15, -0.1) is 0 Å². The zero-order chi connectivity index (χ0) is 16.2. The number of nitrogens with one attached hydrogen (secondary N) is 1. The highest BCUT2D eigenvalue weighted by Crippen LogP contribution is 2.30. The summed E-state index contributed by atoms with van der Waals surface area (Å²) >= 11 is 0. The summed E-state index contributed by atoms with van der Waals surface area (Å²) in [6.07, 6.45) is 0. The maximum Gasteiger partial charge on any atom is 0.262 e. The number of carbonyl (C=O) groups is 1. The lowest BCUT2D eigenvalue weighted by Crippen LogP contribution is -2.22. The van der Waals surface area contributed by atoms with Gasteiger partial charge < -0.3 is 10.1 Å². The average Bonchev–Trinajstić information content (AvgIpc) is 2.47. The molecule has 0 aromatic heterocycles. The number of amides is 1. The molecule has 0 heterocycles. The second kappa shape index (κ2) is 6.65. The van der Waals surface area contributed by atoms with Crippen molar-refractivity contribution in [3.05, 3.63) is 59.7 Å². The van der Waals surface area contributed by atoms with Crippen LogP contribution in [0.1, 0.15) is 31.9 Å². The summed E-state index contributed by atoms with van der Waals surface area (Å²) in [6, 6.07) is 15.5. The van der Waals surface area contributed by atoms with E-state index in [1.54, 1.807) is 0 Å². The first kappa shape index (κ1) is 16.1. The maximum atomic E-state index is 12.1. The van der Waals surface area contributed by atoms with Crippen molar-refractivity contribution in [2.45, 2.75) is 33.1 Å². The Morgan fingerprint density at radius 2 is 1.68 bits per heavy atom. The molecular weight excluding hydrogens is 274 g/mol. The van der Waals surface area contributed by atoms with Crippen LogP contribution in [0.2, 0.25) is 0 Å². The normalized spacial score (nSPS) is 11.1. The lowest BCUT2D eigenvalue weighted by molar-refractivity contribution is -0.118. The van der Waals surface area contributed by atoms with Crippen LogP contribution in [-0.2, 0) is 10.2 Å². The van der Waals surface area contributed by atoms with E-state index in [1.165, 1.54) is 0 Å². The van der Waals surface area contributed by atoms with Gasteiger partial charge in [-0.3, -0.25) is 4.79 Å². The molecule has 0 bridgehead atoms. The summed E-state index contributed by atoms with van der Waals surface area (Å²) in [5.74, 6) is 0.605. The van der Waals surface area contributed by atoms with Gasteiger partial charge in [0.15, 0.2) is 6.61 Å². The molecule has 0 aliphatic heterocycles. The molecule has 0 saturated heterocycles. The second-order valence-electron chi connectivity index (χ2n) is 6.40. The SMILES string of the molecule is Cc1ccccc1NC(=O)COc1ccccc1C(C)(C)C. The molecule has 0 spiro atoms. The minimum atomic E-state index is -0.155. The first-order chi connectivity index (χ1) is 10.4. The number of benzene rings is 2. The van der Waals surface area contributed by atoms with Crippen LogP contribution in [0, 0.1) is 6.92 Å². The summed E-state index contributed by atoms with van der Waals surface area (Å²) in [6.45, 7) is 8.35. The summed E-state index contributed by atoms with van der Waals surface area (Å²) in [5.41, 5.74) is 2.92. The Morgan fingerprint density at radius 3 is 2.36 bits per heavy atom. The fourth-order valence-corrected chi connectivity index (χ4v) is 2.25. The van der Waals surface area contributed by atoms with Gasteiger partial charge in [-0.05, 0) is 35.6 Å². The van der Waals surface area contributed by atoms with Crippen LogP contribution in [0.4, 0.5) is 5.69 Å². The van der Waals surface area contributed by atoms with Gasteiger partial charge in [-0.1, -0.05) is 57.2 Å².